The first-order chi connectivity index (χ1) is 6.40. The van der Waals surface area contributed by atoms with Gasteiger partial charge in [-0.05, 0) is 44.0 Å². The molecule has 14 heavy (non-hydrogen) atoms. The highest BCUT2D eigenvalue weighted by Gasteiger charge is 2.16. The van der Waals surface area contributed by atoms with Gasteiger partial charge in [-0.3, -0.25) is 0 Å². The Labute approximate surface area is 94.4 Å². The summed E-state index contributed by atoms with van der Waals surface area (Å²) >= 11 is 1.65. The van der Waals surface area contributed by atoms with E-state index in [1.807, 2.05) is 6.07 Å². The maximum absolute atomic E-state index is 8.70. The molecule has 1 aromatic heterocycles. The van der Waals surface area contributed by atoms with E-state index in [1.165, 1.54) is 17.7 Å². The number of thiophene rings is 1. The van der Waals surface area contributed by atoms with Gasteiger partial charge in [-0.25, -0.2) is 0 Å². The predicted molar refractivity (Wildman–Crippen MR) is 61.1 cm³/mol. The van der Waals surface area contributed by atoms with Gasteiger partial charge in [0.15, 0.2) is 0 Å². The summed E-state index contributed by atoms with van der Waals surface area (Å²) in [5.41, 5.74) is 0. The molecule has 0 amide bonds. The van der Waals surface area contributed by atoms with Gasteiger partial charge in [0.05, 0.1) is 0 Å². The molecule has 1 aromatic rings. The topological polar surface area (TPSA) is 35.8 Å². The van der Waals surface area contributed by atoms with E-state index in [1.54, 1.807) is 11.3 Å². The van der Waals surface area contributed by atoms with Crippen LogP contribution in [0.4, 0.5) is 0 Å². The number of nitriles is 1. The maximum atomic E-state index is 8.70. The average molecular weight is 229 g/mol. The molecule has 76 valence electrons. The third-order valence-corrected chi connectivity index (χ3v) is 3.63. The molecule has 4 heteroatoms. The van der Waals surface area contributed by atoms with Crippen molar-refractivity contribution < 1.29 is 0 Å². The van der Waals surface area contributed by atoms with E-state index >= 15 is 0 Å². The van der Waals surface area contributed by atoms with Crippen LogP contribution < -0.4 is 5.32 Å². The highest BCUT2D eigenvalue weighted by molar-refractivity contribution is 7.12. The Morgan fingerprint density at radius 3 is 2.64 bits per heavy atom. The molecular weight excluding hydrogens is 216 g/mol. The number of rotatable bonds is 1. The number of nitrogens with one attached hydrogen (secondary N) is 1. The molecule has 1 N–H and O–H groups in total. The standard InChI is InChI=1S/C10H12N2S.ClH/c11-7-9-1-2-10(13-9)8-3-5-12-6-4-8;/h1-2,8,12H,3-6H2;1H. The molecule has 0 atom stereocenters. The maximum Gasteiger partial charge on any atom is 0.110 e. The average Bonchev–Trinajstić information content (AvgIpc) is 2.67. The summed E-state index contributed by atoms with van der Waals surface area (Å²) in [6, 6.07) is 6.23. The summed E-state index contributed by atoms with van der Waals surface area (Å²) in [5.74, 6) is 0.688. The van der Waals surface area contributed by atoms with Crippen molar-refractivity contribution in [3.63, 3.8) is 0 Å². The van der Waals surface area contributed by atoms with Crippen LogP contribution in [-0.4, -0.2) is 13.1 Å². The fourth-order valence-corrected chi connectivity index (χ4v) is 2.71. The minimum Gasteiger partial charge on any atom is -0.317 e. The Morgan fingerprint density at radius 1 is 1.36 bits per heavy atom. The molecule has 0 saturated carbocycles. The van der Waals surface area contributed by atoms with Crippen molar-refractivity contribution in [1.82, 2.24) is 5.32 Å². The smallest absolute Gasteiger partial charge is 0.110 e. The first kappa shape index (κ1) is 11.5. The zero-order valence-electron chi connectivity index (χ0n) is 7.82. The molecule has 2 heterocycles. The molecule has 1 saturated heterocycles. The summed E-state index contributed by atoms with van der Waals surface area (Å²) in [6.45, 7) is 2.23. The summed E-state index contributed by atoms with van der Waals surface area (Å²) in [5, 5.41) is 12.0. The second kappa shape index (κ2) is 5.35. The van der Waals surface area contributed by atoms with Crippen LogP contribution in [0.25, 0.3) is 0 Å². The van der Waals surface area contributed by atoms with Crippen LogP contribution in [0.15, 0.2) is 12.1 Å². The highest BCUT2D eigenvalue weighted by Crippen LogP contribution is 2.30. The Kier molecular flexibility index (Phi) is 4.40. The monoisotopic (exact) mass is 228 g/mol. The predicted octanol–water partition coefficient (Wildman–Crippen LogP) is 2.51. The van der Waals surface area contributed by atoms with Crippen molar-refractivity contribution in [3.8, 4) is 6.07 Å². The SMILES string of the molecule is Cl.N#Cc1ccc(C2CCNCC2)s1. The van der Waals surface area contributed by atoms with E-state index in [9.17, 15) is 0 Å². The molecule has 0 bridgehead atoms. The van der Waals surface area contributed by atoms with Crippen molar-refractivity contribution >= 4 is 23.7 Å². The first-order valence-corrected chi connectivity index (χ1v) is 5.42. The van der Waals surface area contributed by atoms with Crippen LogP contribution in [0.3, 0.4) is 0 Å². The Hall–Kier alpha value is -0.560. The lowest BCUT2D eigenvalue weighted by molar-refractivity contribution is 0.465. The molecule has 1 fully saturated rings. The van der Waals surface area contributed by atoms with Gasteiger partial charge in [0.1, 0.15) is 10.9 Å². The van der Waals surface area contributed by atoms with Gasteiger partial charge >= 0.3 is 0 Å². The lowest BCUT2D eigenvalue weighted by Crippen LogP contribution is -2.26. The van der Waals surface area contributed by atoms with Crippen molar-refractivity contribution in [3.05, 3.63) is 21.9 Å². The summed E-state index contributed by atoms with van der Waals surface area (Å²) in [4.78, 5) is 2.23. The van der Waals surface area contributed by atoms with Crippen molar-refractivity contribution in [1.29, 1.82) is 5.26 Å². The van der Waals surface area contributed by atoms with E-state index in [2.05, 4.69) is 17.5 Å². The molecule has 0 unspecified atom stereocenters. The van der Waals surface area contributed by atoms with E-state index in [-0.39, 0.29) is 12.4 Å². The van der Waals surface area contributed by atoms with Gasteiger partial charge < -0.3 is 5.32 Å². The van der Waals surface area contributed by atoms with Crippen molar-refractivity contribution in [2.24, 2.45) is 0 Å². The lowest BCUT2D eigenvalue weighted by Gasteiger charge is -2.21. The fraction of sp³-hybridized carbons (Fsp3) is 0.500. The molecule has 1 aliphatic rings. The van der Waals surface area contributed by atoms with Crippen LogP contribution in [0.5, 0.6) is 0 Å². The van der Waals surface area contributed by atoms with Gasteiger partial charge in [0.25, 0.3) is 0 Å². The molecule has 0 radical (unpaired) electrons. The zero-order chi connectivity index (χ0) is 9.10. The zero-order valence-corrected chi connectivity index (χ0v) is 9.46. The minimum absolute atomic E-state index is 0. The molecular formula is C10H13ClN2S. The first-order valence-electron chi connectivity index (χ1n) is 4.60. The van der Waals surface area contributed by atoms with E-state index in [0.29, 0.717) is 5.92 Å². The molecule has 0 spiro atoms. The third-order valence-electron chi connectivity index (χ3n) is 2.48. The van der Waals surface area contributed by atoms with Gasteiger partial charge in [0.2, 0.25) is 0 Å². The van der Waals surface area contributed by atoms with Crippen LogP contribution in [0, 0.1) is 11.3 Å². The minimum atomic E-state index is 0. The molecule has 0 aromatic carbocycles. The third kappa shape index (κ3) is 2.48. The number of halogens is 1. The quantitative estimate of drug-likeness (QED) is 0.802. The number of hydrogen-bond donors (Lipinski definition) is 1. The van der Waals surface area contributed by atoms with Gasteiger partial charge in [-0.1, -0.05) is 0 Å². The van der Waals surface area contributed by atoms with Crippen LogP contribution in [0.2, 0.25) is 0 Å². The van der Waals surface area contributed by atoms with E-state index < -0.39 is 0 Å². The molecule has 2 rings (SSSR count). The van der Waals surface area contributed by atoms with Gasteiger partial charge in [-0.15, -0.1) is 23.7 Å². The molecule has 1 aliphatic heterocycles. The lowest BCUT2D eigenvalue weighted by atomic mass is 9.97. The molecule has 0 aliphatic carbocycles. The fourth-order valence-electron chi connectivity index (χ4n) is 1.74. The second-order valence-electron chi connectivity index (χ2n) is 3.34. The largest absolute Gasteiger partial charge is 0.317 e. The van der Waals surface area contributed by atoms with Gasteiger partial charge in [0, 0.05) is 4.88 Å². The highest BCUT2D eigenvalue weighted by atomic mass is 35.5. The number of hydrogen-bond acceptors (Lipinski definition) is 3. The van der Waals surface area contributed by atoms with E-state index in [4.69, 9.17) is 5.26 Å². The summed E-state index contributed by atoms with van der Waals surface area (Å²) in [6.07, 6.45) is 2.43. The van der Waals surface area contributed by atoms with Crippen LogP contribution >= 0.6 is 23.7 Å². The van der Waals surface area contributed by atoms with Crippen molar-refractivity contribution in [2.75, 3.05) is 13.1 Å². The normalized spacial score (nSPS) is 17.1. The van der Waals surface area contributed by atoms with Crippen LogP contribution in [-0.2, 0) is 0 Å². The Balaban J connectivity index is 0.000000980. The Bertz CT molecular complexity index is 323. The van der Waals surface area contributed by atoms with Gasteiger partial charge in [-0.2, -0.15) is 5.26 Å². The number of nitrogens with zero attached hydrogens (tertiary/aromatic N) is 1. The summed E-state index contributed by atoms with van der Waals surface area (Å²) in [7, 11) is 0. The van der Waals surface area contributed by atoms with Crippen LogP contribution in [0.1, 0.15) is 28.5 Å². The molecule has 2 nitrogen and oxygen atoms in total. The van der Waals surface area contributed by atoms with Crippen molar-refractivity contribution in [2.45, 2.75) is 18.8 Å². The number of piperidine rings is 1. The van der Waals surface area contributed by atoms with E-state index in [0.717, 1.165) is 18.0 Å². The second-order valence-corrected chi connectivity index (χ2v) is 4.45. The summed E-state index contributed by atoms with van der Waals surface area (Å²) < 4.78 is 0. The Morgan fingerprint density at radius 2 is 2.07 bits per heavy atom.